The van der Waals surface area contributed by atoms with Crippen molar-refractivity contribution in [3.05, 3.63) is 5.89 Å². The molecule has 3 rings (SSSR count). The van der Waals surface area contributed by atoms with Gasteiger partial charge in [0.2, 0.25) is 5.89 Å². The summed E-state index contributed by atoms with van der Waals surface area (Å²) in [7, 11) is 0. The molecule has 0 N–H and O–H groups in total. The first-order chi connectivity index (χ1) is 6.34. The van der Waals surface area contributed by atoms with E-state index in [2.05, 4.69) is 15.1 Å². The normalized spacial score (nSPS) is 31.6. The van der Waals surface area contributed by atoms with Crippen LogP contribution in [0.1, 0.15) is 12.3 Å². The zero-order chi connectivity index (χ0) is 8.84. The molecule has 5 nitrogen and oxygen atoms in total. The van der Waals surface area contributed by atoms with Crippen molar-refractivity contribution >= 4 is 6.01 Å². The van der Waals surface area contributed by atoms with E-state index in [0.717, 1.165) is 19.6 Å². The Morgan fingerprint density at radius 1 is 1.46 bits per heavy atom. The van der Waals surface area contributed by atoms with Crippen molar-refractivity contribution in [1.29, 1.82) is 0 Å². The van der Waals surface area contributed by atoms with Gasteiger partial charge in [0.1, 0.15) is 0 Å². The number of nitrogens with zero attached hydrogens (tertiary/aromatic N) is 3. The van der Waals surface area contributed by atoms with Crippen LogP contribution in [0.15, 0.2) is 4.42 Å². The predicted octanol–water partition coefficient (Wildman–Crippen LogP) is 0.356. The van der Waals surface area contributed by atoms with Crippen LogP contribution in [0.2, 0.25) is 0 Å². The first-order valence-electron chi connectivity index (χ1n) is 4.53. The van der Waals surface area contributed by atoms with Crippen LogP contribution in [0.5, 0.6) is 0 Å². The molecule has 0 aromatic carbocycles. The summed E-state index contributed by atoms with van der Waals surface area (Å²) in [6.07, 6.45) is 1.50. The SMILES string of the molecule is Cc1nnc(N2CCOC3CC32)o1. The van der Waals surface area contributed by atoms with E-state index in [1.54, 1.807) is 6.92 Å². The number of fused-ring (bicyclic) bond motifs is 1. The minimum Gasteiger partial charge on any atom is -0.408 e. The average molecular weight is 181 g/mol. The number of aryl methyl sites for hydroxylation is 1. The lowest BCUT2D eigenvalue weighted by Crippen LogP contribution is -2.36. The van der Waals surface area contributed by atoms with E-state index in [0.29, 0.717) is 24.1 Å². The average Bonchev–Trinajstić information content (AvgIpc) is 2.81. The van der Waals surface area contributed by atoms with Crippen molar-refractivity contribution in [2.24, 2.45) is 0 Å². The Morgan fingerprint density at radius 3 is 3.15 bits per heavy atom. The van der Waals surface area contributed by atoms with Crippen LogP contribution < -0.4 is 4.90 Å². The summed E-state index contributed by atoms with van der Waals surface area (Å²) in [5.74, 6) is 0.624. The number of anilines is 1. The van der Waals surface area contributed by atoms with Crippen LogP contribution in [-0.4, -0.2) is 35.5 Å². The summed E-state index contributed by atoms with van der Waals surface area (Å²) in [6, 6.07) is 1.13. The van der Waals surface area contributed by atoms with Crippen molar-refractivity contribution in [3.8, 4) is 0 Å². The first-order valence-corrected chi connectivity index (χ1v) is 4.53. The Bertz CT molecular complexity index is 325. The quantitative estimate of drug-likeness (QED) is 0.626. The van der Waals surface area contributed by atoms with E-state index in [-0.39, 0.29) is 0 Å². The standard InChI is InChI=1S/C8H11N3O2/c1-5-9-10-8(13-5)11-2-3-12-7-4-6(7)11/h6-7H,2-4H2,1H3. The maximum Gasteiger partial charge on any atom is 0.318 e. The van der Waals surface area contributed by atoms with Crippen molar-refractivity contribution in [2.45, 2.75) is 25.5 Å². The van der Waals surface area contributed by atoms with E-state index in [1.165, 1.54) is 0 Å². The van der Waals surface area contributed by atoms with E-state index in [4.69, 9.17) is 9.15 Å². The number of hydrogen-bond acceptors (Lipinski definition) is 5. The molecule has 2 heterocycles. The smallest absolute Gasteiger partial charge is 0.318 e. The molecule has 0 radical (unpaired) electrons. The molecule has 0 amide bonds. The molecule has 2 unspecified atom stereocenters. The molecular formula is C8H11N3O2. The Labute approximate surface area is 75.7 Å². The summed E-state index contributed by atoms with van der Waals surface area (Å²) in [4.78, 5) is 2.15. The van der Waals surface area contributed by atoms with Gasteiger partial charge in [-0.2, -0.15) is 0 Å². The van der Waals surface area contributed by atoms with E-state index < -0.39 is 0 Å². The third-order valence-corrected chi connectivity index (χ3v) is 2.53. The van der Waals surface area contributed by atoms with Gasteiger partial charge in [0.15, 0.2) is 0 Å². The van der Waals surface area contributed by atoms with E-state index >= 15 is 0 Å². The van der Waals surface area contributed by atoms with Crippen LogP contribution in [0.3, 0.4) is 0 Å². The summed E-state index contributed by atoms with van der Waals surface area (Å²) in [6.45, 7) is 3.44. The van der Waals surface area contributed by atoms with Gasteiger partial charge >= 0.3 is 6.01 Å². The lowest BCUT2D eigenvalue weighted by Gasteiger charge is -2.24. The summed E-state index contributed by atoms with van der Waals surface area (Å²) < 4.78 is 10.8. The highest BCUT2D eigenvalue weighted by molar-refractivity contribution is 5.33. The fourth-order valence-corrected chi connectivity index (χ4v) is 1.77. The highest BCUT2D eigenvalue weighted by atomic mass is 16.5. The van der Waals surface area contributed by atoms with Crippen molar-refractivity contribution in [3.63, 3.8) is 0 Å². The van der Waals surface area contributed by atoms with Crippen LogP contribution in [-0.2, 0) is 4.74 Å². The second-order valence-electron chi connectivity index (χ2n) is 3.51. The van der Waals surface area contributed by atoms with E-state index in [1.807, 2.05) is 0 Å². The van der Waals surface area contributed by atoms with Gasteiger partial charge in [0, 0.05) is 13.5 Å². The number of rotatable bonds is 1. The van der Waals surface area contributed by atoms with Crippen LogP contribution in [0, 0.1) is 6.92 Å². The molecule has 1 aromatic heterocycles. The zero-order valence-corrected chi connectivity index (χ0v) is 7.43. The Balaban J connectivity index is 1.84. The zero-order valence-electron chi connectivity index (χ0n) is 7.43. The molecule has 13 heavy (non-hydrogen) atoms. The monoisotopic (exact) mass is 181 g/mol. The van der Waals surface area contributed by atoms with Gasteiger partial charge in [-0.05, 0) is 6.42 Å². The number of ether oxygens (including phenoxy) is 1. The molecule has 1 saturated carbocycles. The Kier molecular flexibility index (Phi) is 1.38. The van der Waals surface area contributed by atoms with Crippen molar-refractivity contribution in [1.82, 2.24) is 10.2 Å². The molecule has 1 saturated heterocycles. The maximum absolute atomic E-state index is 5.48. The molecule has 1 aliphatic carbocycles. The lowest BCUT2D eigenvalue weighted by molar-refractivity contribution is 0.101. The van der Waals surface area contributed by atoms with Gasteiger partial charge in [0.25, 0.3) is 0 Å². The highest BCUT2D eigenvalue weighted by Gasteiger charge is 2.47. The van der Waals surface area contributed by atoms with Gasteiger partial charge in [0.05, 0.1) is 18.8 Å². The van der Waals surface area contributed by atoms with Crippen LogP contribution >= 0.6 is 0 Å². The van der Waals surface area contributed by atoms with Gasteiger partial charge in [-0.25, -0.2) is 0 Å². The number of hydrogen-bond donors (Lipinski definition) is 0. The maximum atomic E-state index is 5.48. The molecule has 0 spiro atoms. The van der Waals surface area contributed by atoms with Gasteiger partial charge in [-0.15, -0.1) is 5.10 Å². The lowest BCUT2D eigenvalue weighted by atomic mass is 10.4. The van der Waals surface area contributed by atoms with Crippen LogP contribution in [0.25, 0.3) is 0 Å². The summed E-state index contributed by atoms with van der Waals surface area (Å²) >= 11 is 0. The molecule has 2 atom stereocenters. The van der Waals surface area contributed by atoms with E-state index in [9.17, 15) is 0 Å². The summed E-state index contributed by atoms with van der Waals surface area (Å²) in [5, 5.41) is 7.82. The molecule has 5 heteroatoms. The Hall–Kier alpha value is -1.10. The molecular weight excluding hydrogens is 170 g/mol. The molecule has 1 aliphatic heterocycles. The second kappa shape index (κ2) is 2.45. The van der Waals surface area contributed by atoms with Crippen molar-refractivity contribution < 1.29 is 9.15 Å². The fourth-order valence-electron chi connectivity index (χ4n) is 1.77. The first kappa shape index (κ1) is 7.32. The summed E-state index contributed by atoms with van der Waals surface area (Å²) in [5.41, 5.74) is 0. The highest BCUT2D eigenvalue weighted by Crippen LogP contribution is 2.36. The number of morpholine rings is 1. The molecule has 1 aromatic rings. The largest absolute Gasteiger partial charge is 0.408 e. The van der Waals surface area contributed by atoms with Crippen molar-refractivity contribution in [2.75, 3.05) is 18.1 Å². The predicted molar refractivity (Wildman–Crippen MR) is 44.5 cm³/mol. The second-order valence-corrected chi connectivity index (χ2v) is 3.51. The van der Waals surface area contributed by atoms with Gasteiger partial charge in [-0.3, -0.25) is 0 Å². The molecule has 70 valence electrons. The third kappa shape index (κ3) is 1.11. The van der Waals surface area contributed by atoms with Gasteiger partial charge < -0.3 is 14.1 Å². The molecule has 2 aliphatic rings. The number of aromatic nitrogens is 2. The third-order valence-electron chi connectivity index (χ3n) is 2.53. The Morgan fingerprint density at radius 2 is 2.38 bits per heavy atom. The molecule has 2 fully saturated rings. The molecule has 0 bridgehead atoms. The topological polar surface area (TPSA) is 51.4 Å². The van der Waals surface area contributed by atoms with Crippen LogP contribution in [0.4, 0.5) is 6.01 Å². The fraction of sp³-hybridized carbons (Fsp3) is 0.750. The minimum absolute atomic E-state index is 0.404. The minimum atomic E-state index is 0.404. The van der Waals surface area contributed by atoms with Gasteiger partial charge in [-0.1, -0.05) is 5.10 Å².